The van der Waals surface area contributed by atoms with Crippen LogP contribution in [0.2, 0.25) is 0 Å². The summed E-state index contributed by atoms with van der Waals surface area (Å²) in [4.78, 5) is 0. The third-order valence-corrected chi connectivity index (χ3v) is 4.70. The molecule has 0 unspecified atom stereocenters. The molecule has 1 radical (unpaired) electrons. The van der Waals surface area contributed by atoms with Crippen molar-refractivity contribution in [2.24, 2.45) is 0 Å². The van der Waals surface area contributed by atoms with Crippen molar-refractivity contribution in [1.82, 2.24) is 0 Å². The molecular formula is C22H15. The van der Waals surface area contributed by atoms with Crippen molar-refractivity contribution < 1.29 is 0 Å². The highest BCUT2D eigenvalue weighted by atomic mass is 14.4. The van der Waals surface area contributed by atoms with Crippen LogP contribution in [0.1, 0.15) is 16.7 Å². The average molecular weight is 279 g/mol. The molecule has 0 aliphatic heterocycles. The lowest BCUT2D eigenvalue weighted by Gasteiger charge is -2.19. The zero-order valence-electron chi connectivity index (χ0n) is 12.4. The second kappa shape index (κ2) is 4.20. The SMILES string of the molecule is Cc1ccc(-c2ccc3c(c2)-c2ccccc2C2=C[C]23)cc1. The van der Waals surface area contributed by atoms with E-state index in [1.165, 1.54) is 50.4 Å². The first-order valence-corrected chi connectivity index (χ1v) is 7.71. The lowest BCUT2D eigenvalue weighted by molar-refractivity contribution is 1.42. The molecule has 0 atom stereocenters. The van der Waals surface area contributed by atoms with Crippen LogP contribution in [0.15, 0.2) is 72.8 Å². The van der Waals surface area contributed by atoms with Crippen molar-refractivity contribution in [2.45, 2.75) is 6.92 Å². The Bertz CT molecular complexity index is 927. The largest absolute Gasteiger partial charge is 0.0629 e. The molecule has 103 valence electrons. The summed E-state index contributed by atoms with van der Waals surface area (Å²) in [6, 6.07) is 24.4. The van der Waals surface area contributed by atoms with Crippen LogP contribution in [-0.2, 0) is 0 Å². The molecule has 0 saturated heterocycles. The fourth-order valence-corrected chi connectivity index (χ4v) is 3.43. The summed E-state index contributed by atoms with van der Waals surface area (Å²) in [6.07, 6.45) is 2.30. The number of allylic oxidation sites excluding steroid dienone is 2. The van der Waals surface area contributed by atoms with Crippen molar-refractivity contribution in [3.8, 4) is 22.3 Å². The molecule has 0 amide bonds. The van der Waals surface area contributed by atoms with Crippen LogP contribution >= 0.6 is 0 Å². The van der Waals surface area contributed by atoms with Crippen LogP contribution < -0.4 is 0 Å². The quantitative estimate of drug-likeness (QED) is 0.539. The fraction of sp³-hybridized carbons (Fsp3) is 0.0455. The lowest BCUT2D eigenvalue weighted by atomic mass is 9.83. The van der Waals surface area contributed by atoms with E-state index in [-0.39, 0.29) is 0 Å². The van der Waals surface area contributed by atoms with Gasteiger partial charge in [-0.2, -0.15) is 0 Å². The van der Waals surface area contributed by atoms with Crippen LogP contribution in [0.5, 0.6) is 0 Å². The molecule has 5 rings (SSSR count). The summed E-state index contributed by atoms with van der Waals surface area (Å²) < 4.78 is 0. The maximum absolute atomic E-state index is 2.34. The van der Waals surface area contributed by atoms with Gasteiger partial charge in [0.05, 0.1) is 5.92 Å². The minimum atomic E-state index is 1.28. The number of aryl methyl sites for hydroxylation is 1. The van der Waals surface area contributed by atoms with Gasteiger partial charge in [-0.25, -0.2) is 0 Å². The molecule has 0 spiro atoms. The number of hydrogen-bond donors (Lipinski definition) is 0. The van der Waals surface area contributed by atoms with Crippen molar-refractivity contribution in [1.29, 1.82) is 0 Å². The number of benzene rings is 3. The Labute approximate surface area is 130 Å². The first-order chi connectivity index (χ1) is 10.8. The average Bonchev–Trinajstić information content (AvgIpc) is 3.36. The summed E-state index contributed by atoms with van der Waals surface area (Å²) in [6.45, 7) is 2.13. The minimum Gasteiger partial charge on any atom is -0.0629 e. The first-order valence-electron chi connectivity index (χ1n) is 7.71. The minimum absolute atomic E-state index is 1.28. The molecule has 0 heteroatoms. The Hall–Kier alpha value is -2.60. The molecule has 2 aliphatic carbocycles. The van der Waals surface area contributed by atoms with Crippen LogP contribution in [0, 0.1) is 12.8 Å². The smallest absolute Gasteiger partial charge is 0.0570 e. The summed E-state index contributed by atoms with van der Waals surface area (Å²) in [5.41, 5.74) is 10.8. The maximum atomic E-state index is 2.34. The Balaban J connectivity index is 1.71. The van der Waals surface area contributed by atoms with Gasteiger partial charge in [-0.15, -0.1) is 0 Å². The van der Waals surface area contributed by atoms with E-state index in [2.05, 4.69) is 79.7 Å². The first kappa shape index (κ1) is 12.0. The molecule has 3 aromatic carbocycles. The monoisotopic (exact) mass is 279 g/mol. The highest BCUT2D eigenvalue weighted by Crippen LogP contribution is 2.55. The van der Waals surface area contributed by atoms with Gasteiger partial charge < -0.3 is 0 Å². The molecule has 0 bridgehead atoms. The second-order valence-corrected chi connectivity index (χ2v) is 6.14. The van der Waals surface area contributed by atoms with Gasteiger partial charge in [0.2, 0.25) is 0 Å². The molecule has 0 saturated carbocycles. The molecule has 0 fully saturated rings. The normalized spacial score (nSPS) is 14.7. The van der Waals surface area contributed by atoms with E-state index in [0.717, 1.165) is 0 Å². The zero-order valence-corrected chi connectivity index (χ0v) is 12.4. The number of fused-ring (bicyclic) bond motifs is 6. The predicted molar refractivity (Wildman–Crippen MR) is 92.4 cm³/mol. The van der Waals surface area contributed by atoms with Crippen molar-refractivity contribution in [2.75, 3.05) is 0 Å². The van der Waals surface area contributed by atoms with E-state index in [9.17, 15) is 0 Å². The van der Waals surface area contributed by atoms with Gasteiger partial charge in [0, 0.05) is 0 Å². The summed E-state index contributed by atoms with van der Waals surface area (Å²) in [5.74, 6) is 1.42. The molecule has 22 heavy (non-hydrogen) atoms. The number of hydrogen-bond acceptors (Lipinski definition) is 0. The van der Waals surface area contributed by atoms with Crippen molar-refractivity contribution >= 4 is 5.57 Å². The van der Waals surface area contributed by atoms with E-state index in [1.54, 1.807) is 0 Å². The van der Waals surface area contributed by atoms with Gasteiger partial charge in [0.1, 0.15) is 0 Å². The summed E-state index contributed by atoms with van der Waals surface area (Å²) in [5, 5.41) is 0. The van der Waals surface area contributed by atoms with Gasteiger partial charge in [-0.1, -0.05) is 72.3 Å². The van der Waals surface area contributed by atoms with Gasteiger partial charge in [0.25, 0.3) is 0 Å². The molecule has 0 heterocycles. The van der Waals surface area contributed by atoms with Crippen molar-refractivity contribution in [3.05, 3.63) is 95.4 Å². The summed E-state index contributed by atoms with van der Waals surface area (Å²) >= 11 is 0. The van der Waals surface area contributed by atoms with Crippen LogP contribution in [0.4, 0.5) is 0 Å². The van der Waals surface area contributed by atoms with Gasteiger partial charge >= 0.3 is 0 Å². The van der Waals surface area contributed by atoms with Crippen LogP contribution in [-0.4, -0.2) is 0 Å². The topological polar surface area (TPSA) is 0 Å². The Morgan fingerprint density at radius 3 is 2.14 bits per heavy atom. The van der Waals surface area contributed by atoms with Crippen LogP contribution in [0.3, 0.4) is 0 Å². The van der Waals surface area contributed by atoms with E-state index >= 15 is 0 Å². The van der Waals surface area contributed by atoms with Gasteiger partial charge in [0.15, 0.2) is 0 Å². The number of rotatable bonds is 1. The van der Waals surface area contributed by atoms with E-state index in [0.29, 0.717) is 0 Å². The molecule has 3 aromatic rings. The lowest BCUT2D eigenvalue weighted by Crippen LogP contribution is -1.99. The standard InChI is InChI=1S/C22H15/c1-14-6-8-15(9-7-14)16-10-11-19-20(12-16)17-4-2-3-5-18(17)21-13-22(19)21/h2-13H,1H3. The van der Waals surface area contributed by atoms with Crippen LogP contribution in [0.25, 0.3) is 27.8 Å². The fourth-order valence-electron chi connectivity index (χ4n) is 3.43. The predicted octanol–water partition coefficient (Wildman–Crippen LogP) is 5.66. The maximum Gasteiger partial charge on any atom is 0.0570 e. The third kappa shape index (κ3) is 1.64. The van der Waals surface area contributed by atoms with Gasteiger partial charge in [-0.05, 0) is 51.9 Å². The highest BCUT2D eigenvalue weighted by Gasteiger charge is 2.36. The Kier molecular flexibility index (Phi) is 2.29. The molecule has 0 aromatic heterocycles. The van der Waals surface area contributed by atoms with Gasteiger partial charge in [-0.3, -0.25) is 0 Å². The zero-order chi connectivity index (χ0) is 14.7. The molecule has 0 nitrogen and oxygen atoms in total. The molecular weight excluding hydrogens is 264 g/mol. The summed E-state index contributed by atoms with van der Waals surface area (Å²) in [7, 11) is 0. The Morgan fingerprint density at radius 1 is 0.591 bits per heavy atom. The Morgan fingerprint density at radius 2 is 1.32 bits per heavy atom. The van der Waals surface area contributed by atoms with E-state index in [1.807, 2.05) is 0 Å². The van der Waals surface area contributed by atoms with E-state index in [4.69, 9.17) is 0 Å². The molecule has 0 N–H and O–H groups in total. The third-order valence-electron chi connectivity index (χ3n) is 4.70. The van der Waals surface area contributed by atoms with E-state index < -0.39 is 0 Å². The second-order valence-electron chi connectivity index (χ2n) is 6.14. The highest BCUT2D eigenvalue weighted by molar-refractivity contribution is 6.08. The van der Waals surface area contributed by atoms with Crippen molar-refractivity contribution in [3.63, 3.8) is 0 Å². The molecule has 2 aliphatic rings.